The molecule has 17 heavy (non-hydrogen) atoms. The van der Waals surface area contributed by atoms with Gasteiger partial charge < -0.3 is 15.2 Å². The highest BCUT2D eigenvalue weighted by Gasteiger charge is 2.10. The third-order valence-corrected chi connectivity index (χ3v) is 3.18. The van der Waals surface area contributed by atoms with Crippen LogP contribution in [0.4, 0.5) is 0 Å². The molecule has 4 nitrogen and oxygen atoms in total. The molecule has 3 aromatic heterocycles. The first kappa shape index (κ1) is 10.2. The van der Waals surface area contributed by atoms with E-state index in [-0.39, 0.29) is 0 Å². The van der Waals surface area contributed by atoms with Gasteiger partial charge in [0.05, 0.1) is 17.6 Å². The first-order valence-electron chi connectivity index (χ1n) is 5.30. The van der Waals surface area contributed by atoms with Crippen LogP contribution in [0.15, 0.2) is 36.7 Å². The summed E-state index contributed by atoms with van der Waals surface area (Å²) < 4.78 is 4.06. The second-order valence-electron chi connectivity index (χ2n) is 4.05. The van der Waals surface area contributed by atoms with Gasteiger partial charge in [-0.2, -0.15) is 0 Å². The molecule has 0 bridgehead atoms. The van der Waals surface area contributed by atoms with Gasteiger partial charge in [0.25, 0.3) is 0 Å². The van der Waals surface area contributed by atoms with Crippen LogP contribution < -0.4 is 5.84 Å². The number of pyridine rings is 1. The van der Waals surface area contributed by atoms with Gasteiger partial charge in [-0.05, 0) is 42.9 Å². The van der Waals surface area contributed by atoms with Crippen molar-refractivity contribution in [2.24, 2.45) is 0 Å². The van der Waals surface area contributed by atoms with E-state index in [1.54, 1.807) is 0 Å². The summed E-state index contributed by atoms with van der Waals surface area (Å²) in [5.41, 5.74) is 4.37. The van der Waals surface area contributed by atoms with E-state index in [0.29, 0.717) is 4.77 Å². The maximum absolute atomic E-state index is 5.71. The number of nitrogens with two attached hydrogens (primary N) is 1. The number of H-pyrrole nitrogens is 1. The van der Waals surface area contributed by atoms with Crippen molar-refractivity contribution < 1.29 is 0 Å². The Kier molecular flexibility index (Phi) is 2.09. The molecule has 3 heterocycles. The summed E-state index contributed by atoms with van der Waals surface area (Å²) in [5.74, 6) is 5.71. The van der Waals surface area contributed by atoms with Crippen LogP contribution in [0, 0.1) is 11.7 Å². The van der Waals surface area contributed by atoms with Crippen molar-refractivity contribution in [3.8, 4) is 11.4 Å². The molecule has 0 fully saturated rings. The van der Waals surface area contributed by atoms with Crippen molar-refractivity contribution in [2.75, 3.05) is 5.84 Å². The third-order valence-electron chi connectivity index (χ3n) is 2.87. The molecule has 0 radical (unpaired) electrons. The summed E-state index contributed by atoms with van der Waals surface area (Å²) in [6.07, 6.45) is 3.84. The van der Waals surface area contributed by atoms with Crippen molar-refractivity contribution in [2.45, 2.75) is 6.92 Å². The van der Waals surface area contributed by atoms with E-state index in [1.807, 2.05) is 24.5 Å². The first-order valence-corrected chi connectivity index (χ1v) is 5.71. The Balaban J connectivity index is 2.36. The zero-order valence-electron chi connectivity index (χ0n) is 9.34. The Morgan fingerprint density at radius 2 is 2.18 bits per heavy atom. The monoisotopic (exact) mass is 244 g/mol. The Labute approximate surface area is 103 Å². The molecule has 0 spiro atoms. The first-order chi connectivity index (χ1) is 8.16. The second-order valence-corrected chi connectivity index (χ2v) is 4.44. The average molecular weight is 244 g/mol. The number of imidazole rings is 1. The minimum atomic E-state index is 0.519. The maximum Gasteiger partial charge on any atom is 0.196 e. The summed E-state index contributed by atoms with van der Waals surface area (Å²) in [6.45, 7) is 2.08. The Bertz CT molecular complexity index is 747. The molecule has 0 aliphatic heterocycles. The molecule has 0 aliphatic rings. The maximum atomic E-state index is 5.71. The average Bonchev–Trinajstić information content (AvgIpc) is 2.78. The van der Waals surface area contributed by atoms with Crippen LogP contribution in [0.2, 0.25) is 0 Å². The number of aromatic amines is 1. The van der Waals surface area contributed by atoms with Gasteiger partial charge in [-0.3, -0.25) is 0 Å². The Morgan fingerprint density at radius 3 is 2.88 bits per heavy atom. The fraction of sp³-hybridized carbons (Fsp3) is 0.0833. The summed E-state index contributed by atoms with van der Waals surface area (Å²) >= 11 is 5.09. The summed E-state index contributed by atoms with van der Waals surface area (Å²) in [4.78, 5) is 3.11. The van der Waals surface area contributed by atoms with Crippen molar-refractivity contribution >= 4 is 17.7 Å². The summed E-state index contributed by atoms with van der Waals surface area (Å²) in [7, 11) is 0. The van der Waals surface area contributed by atoms with Gasteiger partial charge in [-0.15, -0.1) is 0 Å². The predicted octanol–water partition coefficient (Wildman–Crippen LogP) is 2.49. The normalized spacial score (nSPS) is 11.1. The lowest BCUT2D eigenvalue weighted by molar-refractivity contribution is 0.977. The number of fused-ring (bicyclic) bond motifs is 1. The lowest BCUT2D eigenvalue weighted by atomic mass is 10.2. The van der Waals surface area contributed by atoms with Crippen molar-refractivity contribution in [1.29, 1.82) is 0 Å². The lowest BCUT2D eigenvalue weighted by Crippen LogP contribution is -2.05. The topological polar surface area (TPSA) is 51.1 Å². The number of rotatable bonds is 1. The number of hydrogen-bond acceptors (Lipinski definition) is 2. The van der Waals surface area contributed by atoms with Crippen LogP contribution in [0.25, 0.3) is 16.9 Å². The Morgan fingerprint density at radius 1 is 1.35 bits per heavy atom. The molecule has 0 saturated carbocycles. The standard InChI is InChI=1S/C12H12N4S/c1-8-6-9-4-2-3-5-15(9)11(8)10-7-16(13)12(17)14-10/h2-7H,13H2,1H3,(H,14,17). The SMILES string of the molecule is Cc1cc2ccccn2c1-c1cn(N)c(=S)[nH]1. The van der Waals surface area contributed by atoms with E-state index in [9.17, 15) is 0 Å². The molecule has 0 unspecified atom stereocenters. The highest BCUT2D eigenvalue weighted by molar-refractivity contribution is 7.71. The number of aryl methyl sites for hydroxylation is 1. The van der Waals surface area contributed by atoms with E-state index in [1.165, 1.54) is 10.2 Å². The third kappa shape index (κ3) is 1.47. The van der Waals surface area contributed by atoms with E-state index < -0.39 is 0 Å². The molecule has 3 aromatic rings. The van der Waals surface area contributed by atoms with Gasteiger partial charge in [-0.25, -0.2) is 4.68 Å². The van der Waals surface area contributed by atoms with Gasteiger partial charge in [0.1, 0.15) is 0 Å². The number of nitrogen functional groups attached to an aromatic ring is 1. The largest absolute Gasteiger partial charge is 0.337 e. The van der Waals surface area contributed by atoms with Crippen LogP contribution >= 0.6 is 12.2 Å². The molecule has 0 amide bonds. The zero-order valence-corrected chi connectivity index (χ0v) is 10.2. The fourth-order valence-corrected chi connectivity index (χ4v) is 2.29. The van der Waals surface area contributed by atoms with Crippen LogP contribution in [-0.2, 0) is 0 Å². The smallest absolute Gasteiger partial charge is 0.196 e. The predicted molar refractivity (Wildman–Crippen MR) is 70.9 cm³/mol. The molecule has 5 heteroatoms. The summed E-state index contributed by atoms with van der Waals surface area (Å²) in [6, 6.07) is 8.24. The molecule has 0 aromatic carbocycles. The zero-order chi connectivity index (χ0) is 12.0. The van der Waals surface area contributed by atoms with Gasteiger partial charge in [0, 0.05) is 11.7 Å². The van der Waals surface area contributed by atoms with Crippen molar-refractivity contribution in [1.82, 2.24) is 14.1 Å². The molecule has 86 valence electrons. The van der Waals surface area contributed by atoms with Crippen molar-refractivity contribution in [3.63, 3.8) is 0 Å². The molecular formula is C12H12N4S. The van der Waals surface area contributed by atoms with Gasteiger partial charge in [-0.1, -0.05) is 6.07 Å². The van der Waals surface area contributed by atoms with E-state index in [2.05, 4.69) is 28.4 Å². The number of aromatic nitrogens is 3. The van der Waals surface area contributed by atoms with Crippen molar-refractivity contribution in [3.05, 3.63) is 47.0 Å². The summed E-state index contributed by atoms with van der Waals surface area (Å²) in [5, 5.41) is 0. The molecule has 3 rings (SSSR count). The van der Waals surface area contributed by atoms with Crippen LogP contribution in [0.3, 0.4) is 0 Å². The van der Waals surface area contributed by atoms with Gasteiger partial charge in [0.15, 0.2) is 4.77 Å². The molecule has 3 N–H and O–H groups in total. The molecule has 0 saturated heterocycles. The van der Waals surface area contributed by atoms with Crippen LogP contribution in [0.5, 0.6) is 0 Å². The molecule has 0 atom stereocenters. The number of hydrogen-bond donors (Lipinski definition) is 2. The highest BCUT2D eigenvalue weighted by Crippen LogP contribution is 2.25. The minimum absolute atomic E-state index is 0.519. The minimum Gasteiger partial charge on any atom is -0.337 e. The second kappa shape index (κ2) is 3.49. The van der Waals surface area contributed by atoms with Crippen LogP contribution in [-0.4, -0.2) is 14.1 Å². The number of nitrogens with one attached hydrogen (secondary N) is 1. The van der Waals surface area contributed by atoms with Gasteiger partial charge in [0.2, 0.25) is 0 Å². The number of nitrogens with zero attached hydrogens (tertiary/aromatic N) is 2. The molecular weight excluding hydrogens is 232 g/mol. The highest BCUT2D eigenvalue weighted by atomic mass is 32.1. The lowest BCUT2D eigenvalue weighted by Gasteiger charge is -2.01. The quantitative estimate of drug-likeness (QED) is 0.510. The molecule has 0 aliphatic carbocycles. The van der Waals surface area contributed by atoms with E-state index >= 15 is 0 Å². The van der Waals surface area contributed by atoms with E-state index in [4.69, 9.17) is 18.1 Å². The van der Waals surface area contributed by atoms with E-state index in [0.717, 1.165) is 16.9 Å². The Hall–Kier alpha value is -2.01. The van der Waals surface area contributed by atoms with Gasteiger partial charge >= 0.3 is 0 Å². The van der Waals surface area contributed by atoms with Crippen LogP contribution in [0.1, 0.15) is 5.56 Å². The fourth-order valence-electron chi connectivity index (χ4n) is 2.13.